The van der Waals surface area contributed by atoms with Gasteiger partial charge in [-0.2, -0.15) is 0 Å². The van der Waals surface area contributed by atoms with Crippen LogP contribution in [0.1, 0.15) is 19.8 Å². The SMILES string of the molecule is CCCC1=C[CH]C=C1.[Cl][Hf][Cl]. The summed E-state index contributed by atoms with van der Waals surface area (Å²) < 4.78 is 0. The summed E-state index contributed by atoms with van der Waals surface area (Å²) in [6, 6.07) is 0. The van der Waals surface area contributed by atoms with Crippen LogP contribution in [0.4, 0.5) is 0 Å². The number of halogens is 2. The fourth-order valence-corrected chi connectivity index (χ4v) is 0.869. The average Bonchev–Trinajstić information content (AvgIpc) is 2.42. The maximum absolute atomic E-state index is 4.96. The molecule has 0 saturated carbocycles. The molecule has 1 aliphatic rings. The zero-order valence-corrected chi connectivity index (χ0v) is 11.6. The predicted molar refractivity (Wildman–Crippen MR) is 48.1 cm³/mol. The molecule has 0 heterocycles. The van der Waals surface area contributed by atoms with Crippen LogP contribution in [0, 0.1) is 6.42 Å². The molecule has 0 aromatic rings. The Hall–Kier alpha value is 0.930. The Bertz CT molecular complexity index is 141. The van der Waals surface area contributed by atoms with Gasteiger partial charge in [0.15, 0.2) is 0 Å². The summed E-state index contributed by atoms with van der Waals surface area (Å²) in [4.78, 5) is 0. The summed E-state index contributed by atoms with van der Waals surface area (Å²) in [6.07, 6.45) is 11.0. The quantitative estimate of drug-likeness (QED) is 0.659. The van der Waals surface area contributed by atoms with Crippen molar-refractivity contribution in [3.05, 3.63) is 30.2 Å². The van der Waals surface area contributed by atoms with Crippen LogP contribution in [0.25, 0.3) is 0 Å². The molecule has 1 aliphatic carbocycles. The molecule has 0 amide bonds. The Morgan fingerprint density at radius 3 is 2.45 bits per heavy atom. The van der Waals surface area contributed by atoms with E-state index in [9.17, 15) is 0 Å². The Kier molecular flexibility index (Phi) is 9.78. The van der Waals surface area contributed by atoms with Crippen LogP contribution in [0.5, 0.6) is 0 Å². The van der Waals surface area contributed by atoms with Crippen LogP contribution in [-0.2, 0) is 20.5 Å². The minimum absolute atomic E-state index is 0.972. The van der Waals surface area contributed by atoms with Crippen LogP contribution >= 0.6 is 17.2 Å². The van der Waals surface area contributed by atoms with E-state index in [-0.39, 0.29) is 0 Å². The molecule has 0 fully saturated rings. The number of allylic oxidation sites excluding steroid dienone is 4. The van der Waals surface area contributed by atoms with Gasteiger partial charge in [-0.3, -0.25) is 0 Å². The van der Waals surface area contributed by atoms with Gasteiger partial charge in [-0.05, 0) is 6.42 Å². The first-order chi connectivity index (χ1) is 5.35. The molecule has 0 aliphatic heterocycles. The molecule has 1 radical (unpaired) electrons. The van der Waals surface area contributed by atoms with E-state index in [1.807, 2.05) is 0 Å². The molecule has 0 saturated heterocycles. The molecule has 0 aromatic heterocycles. The van der Waals surface area contributed by atoms with Gasteiger partial charge in [-0.25, -0.2) is 0 Å². The van der Waals surface area contributed by atoms with Gasteiger partial charge in [0.2, 0.25) is 0 Å². The van der Waals surface area contributed by atoms with Crippen molar-refractivity contribution in [2.45, 2.75) is 19.8 Å². The third kappa shape index (κ3) is 7.30. The summed E-state index contributed by atoms with van der Waals surface area (Å²) in [5, 5.41) is 0. The molecule has 0 atom stereocenters. The molecule has 0 aromatic carbocycles. The van der Waals surface area contributed by atoms with Crippen LogP contribution < -0.4 is 0 Å². The van der Waals surface area contributed by atoms with Gasteiger partial charge in [0.05, 0.1) is 0 Å². The average molecular weight is 357 g/mol. The van der Waals surface area contributed by atoms with Crippen molar-refractivity contribution in [1.29, 1.82) is 0 Å². The van der Waals surface area contributed by atoms with Crippen molar-refractivity contribution in [3.63, 3.8) is 0 Å². The molecule has 0 spiro atoms. The molecule has 1 rings (SSSR count). The molecule has 0 bridgehead atoms. The van der Waals surface area contributed by atoms with Gasteiger partial charge in [0.1, 0.15) is 0 Å². The van der Waals surface area contributed by atoms with Gasteiger partial charge >= 0.3 is 37.7 Å². The van der Waals surface area contributed by atoms with Gasteiger partial charge in [0.25, 0.3) is 0 Å². The third-order valence-corrected chi connectivity index (χ3v) is 1.27. The first-order valence-corrected chi connectivity index (χ1v) is 12.4. The molecule has 0 nitrogen and oxygen atoms in total. The monoisotopic (exact) mass is 357 g/mol. The van der Waals surface area contributed by atoms with Crippen LogP contribution in [-0.4, -0.2) is 0 Å². The van der Waals surface area contributed by atoms with E-state index in [1.165, 1.54) is 18.4 Å². The first-order valence-electron chi connectivity index (χ1n) is 3.52. The number of rotatable bonds is 2. The van der Waals surface area contributed by atoms with Crippen LogP contribution in [0.15, 0.2) is 23.8 Å². The Balaban J connectivity index is 0.000000292. The minimum atomic E-state index is -0.972. The van der Waals surface area contributed by atoms with E-state index >= 15 is 0 Å². The van der Waals surface area contributed by atoms with Crippen LogP contribution in [0.3, 0.4) is 0 Å². The van der Waals surface area contributed by atoms with Crippen LogP contribution in [0.2, 0.25) is 0 Å². The number of hydrogen-bond acceptors (Lipinski definition) is 0. The Morgan fingerprint density at radius 1 is 1.45 bits per heavy atom. The molecule has 61 valence electrons. The van der Waals surface area contributed by atoms with E-state index in [0.29, 0.717) is 0 Å². The Morgan fingerprint density at radius 2 is 2.09 bits per heavy atom. The molecular formula is C8H11Cl2Hf. The first kappa shape index (κ1) is 11.9. The summed E-state index contributed by atoms with van der Waals surface area (Å²) in [5.74, 6) is 0. The topological polar surface area (TPSA) is 0 Å². The van der Waals surface area contributed by atoms with E-state index < -0.39 is 20.5 Å². The van der Waals surface area contributed by atoms with Crippen molar-refractivity contribution in [1.82, 2.24) is 0 Å². The zero-order valence-electron chi connectivity index (χ0n) is 6.48. The predicted octanol–water partition coefficient (Wildman–Crippen LogP) is 3.86. The second-order valence-electron chi connectivity index (χ2n) is 2.11. The van der Waals surface area contributed by atoms with Crippen molar-refractivity contribution in [2.75, 3.05) is 0 Å². The summed E-state index contributed by atoms with van der Waals surface area (Å²) in [6.45, 7) is 2.20. The second-order valence-corrected chi connectivity index (χ2v) is 7.31. The summed E-state index contributed by atoms with van der Waals surface area (Å²) in [7, 11) is 9.92. The fraction of sp³-hybridized carbons (Fsp3) is 0.375. The van der Waals surface area contributed by atoms with Crippen molar-refractivity contribution in [2.24, 2.45) is 0 Å². The van der Waals surface area contributed by atoms with Gasteiger partial charge in [-0.1, -0.05) is 37.1 Å². The summed E-state index contributed by atoms with van der Waals surface area (Å²) in [5.41, 5.74) is 1.47. The third-order valence-electron chi connectivity index (χ3n) is 1.27. The maximum atomic E-state index is 4.96. The van der Waals surface area contributed by atoms with Crippen molar-refractivity contribution < 1.29 is 20.5 Å². The molecule has 0 unspecified atom stereocenters. The standard InChI is InChI=1S/C8H11.2ClH.Hf/c1-2-5-8-6-3-4-7-8;;;/h3-4,6-7H,2,5H2,1H3;2*1H;/q;;;+2/p-2. The van der Waals surface area contributed by atoms with E-state index in [0.717, 1.165) is 0 Å². The molecular weight excluding hydrogens is 345 g/mol. The molecule has 0 N–H and O–H groups in total. The fourth-order valence-electron chi connectivity index (χ4n) is 0.869. The zero-order chi connectivity index (χ0) is 8.53. The molecule has 11 heavy (non-hydrogen) atoms. The normalized spacial score (nSPS) is 13.5. The van der Waals surface area contributed by atoms with E-state index in [1.54, 1.807) is 0 Å². The van der Waals surface area contributed by atoms with Crippen molar-refractivity contribution in [3.8, 4) is 0 Å². The molecule has 3 heteroatoms. The van der Waals surface area contributed by atoms with Gasteiger partial charge in [0, 0.05) is 6.42 Å². The van der Waals surface area contributed by atoms with E-state index in [2.05, 4.69) is 31.6 Å². The summed E-state index contributed by atoms with van der Waals surface area (Å²) >= 11 is -0.972. The van der Waals surface area contributed by atoms with Crippen molar-refractivity contribution >= 4 is 17.2 Å². The second kappa shape index (κ2) is 9.02. The van der Waals surface area contributed by atoms with E-state index in [4.69, 9.17) is 17.2 Å². The van der Waals surface area contributed by atoms with Gasteiger partial charge in [-0.15, -0.1) is 0 Å². The van der Waals surface area contributed by atoms with Gasteiger partial charge < -0.3 is 0 Å². The Labute approximate surface area is 87.2 Å². The number of hydrogen-bond donors (Lipinski definition) is 0.